The Bertz CT molecular complexity index is 146. The van der Waals surface area contributed by atoms with E-state index in [9.17, 15) is 13.2 Å². The number of alkyl halides is 3. The van der Waals surface area contributed by atoms with E-state index >= 15 is 0 Å². The minimum Gasteiger partial charge on any atom is -0.316 e. The van der Waals surface area contributed by atoms with Crippen molar-refractivity contribution in [1.82, 2.24) is 10.2 Å². The molecule has 0 radical (unpaired) electrons. The Morgan fingerprint density at radius 3 is 2.58 bits per heavy atom. The van der Waals surface area contributed by atoms with Crippen molar-refractivity contribution in [3.05, 3.63) is 0 Å². The molecule has 1 aliphatic heterocycles. The summed E-state index contributed by atoms with van der Waals surface area (Å²) in [5.41, 5.74) is 0. The molecular weight excluding hydrogens is 169 g/mol. The fourth-order valence-corrected chi connectivity index (χ4v) is 1.44. The largest absolute Gasteiger partial charge is 0.459 e. The van der Waals surface area contributed by atoms with Gasteiger partial charge in [-0.15, -0.1) is 0 Å². The number of piperidine rings is 1. The monoisotopic (exact) mass is 182 g/mol. The normalized spacial score (nSPS) is 27.5. The second kappa shape index (κ2) is 3.62. The molecular formula is C7H13F3N2. The van der Waals surface area contributed by atoms with Gasteiger partial charge < -0.3 is 5.32 Å². The van der Waals surface area contributed by atoms with Gasteiger partial charge >= 0.3 is 6.30 Å². The van der Waals surface area contributed by atoms with Crippen LogP contribution in [0.3, 0.4) is 0 Å². The standard InChI is InChI=1S/C7H13F3N2/c1-11-6-3-2-4-12(5-6)7(8,9)10/h6,11H,2-5H2,1H3. The number of likely N-dealkylation sites (N-methyl/N-ethyl adjacent to an activating group) is 1. The Balaban J connectivity index is 2.46. The van der Waals surface area contributed by atoms with Crippen LogP contribution in [0, 0.1) is 0 Å². The Hall–Kier alpha value is -0.290. The number of hydrogen-bond acceptors (Lipinski definition) is 2. The van der Waals surface area contributed by atoms with Crippen LogP contribution in [0.15, 0.2) is 0 Å². The molecule has 1 atom stereocenters. The summed E-state index contributed by atoms with van der Waals surface area (Å²) < 4.78 is 36.4. The number of rotatable bonds is 1. The van der Waals surface area contributed by atoms with Crippen LogP contribution in [0.1, 0.15) is 12.8 Å². The number of hydrogen-bond donors (Lipinski definition) is 1. The topological polar surface area (TPSA) is 15.3 Å². The first-order valence-electron chi connectivity index (χ1n) is 4.03. The zero-order chi connectivity index (χ0) is 9.19. The molecule has 0 aromatic rings. The van der Waals surface area contributed by atoms with Gasteiger partial charge in [0.05, 0.1) is 0 Å². The van der Waals surface area contributed by atoms with Gasteiger partial charge in [-0.3, -0.25) is 0 Å². The minimum absolute atomic E-state index is 0.0135. The van der Waals surface area contributed by atoms with E-state index < -0.39 is 6.30 Å². The van der Waals surface area contributed by atoms with Gasteiger partial charge in [-0.05, 0) is 19.9 Å². The highest BCUT2D eigenvalue weighted by molar-refractivity contribution is 4.77. The van der Waals surface area contributed by atoms with Gasteiger partial charge in [0.15, 0.2) is 0 Å². The van der Waals surface area contributed by atoms with Crippen molar-refractivity contribution >= 4 is 0 Å². The highest BCUT2D eigenvalue weighted by Gasteiger charge is 2.39. The molecule has 5 heteroatoms. The third-order valence-corrected chi connectivity index (χ3v) is 2.19. The second-order valence-electron chi connectivity index (χ2n) is 3.04. The van der Waals surface area contributed by atoms with E-state index in [4.69, 9.17) is 0 Å². The molecule has 0 aromatic carbocycles. The summed E-state index contributed by atoms with van der Waals surface area (Å²) in [6.45, 7) is 0.224. The Morgan fingerprint density at radius 2 is 2.08 bits per heavy atom. The lowest BCUT2D eigenvalue weighted by atomic mass is 10.1. The summed E-state index contributed by atoms with van der Waals surface area (Å²) in [5, 5.41) is 2.86. The number of halogens is 3. The molecule has 0 bridgehead atoms. The molecule has 0 aliphatic carbocycles. The van der Waals surface area contributed by atoms with E-state index in [0.717, 1.165) is 6.42 Å². The van der Waals surface area contributed by atoms with E-state index in [-0.39, 0.29) is 19.1 Å². The fraction of sp³-hybridized carbons (Fsp3) is 1.00. The predicted octanol–water partition coefficient (Wildman–Crippen LogP) is 1.19. The van der Waals surface area contributed by atoms with E-state index in [1.165, 1.54) is 0 Å². The van der Waals surface area contributed by atoms with Crippen molar-refractivity contribution in [2.75, 3.05) is 20.1 Å². The number of nitrogens with one attached hydrogen (secondary N) is 1. The number of likely N-dealkylation sites (tertiary alicyclic amines) is 1. The lowest BCUT2D eigenvalue weighted by molar-refractivity contribution is -0.251. The molecule has 1 N–H and O–H groups in total. The molecule has 1 aliphatic rings. The third-order valence-electron chi connectivity index (χ3n) is 2.19. The molecule has 1 heterocycles. The Labute approximate surface area is 69.7 Å². The maximum Gasteiger partial charge on any atom is 0.459 e. The molecule has 0 amide bonds. The number of nitrogens with zero attached hydrogens (tertiary/aromatic N) is 1. The van der Waals surface area contributed by atoms with Crippen LogP contribution in [0.5, 0.6) is 0 Å². The summed E-state index contributed by atoms with van der Waals surface area (Å²) in [7, 11) is 1.70. The first kappa shape index (κ1) is 9.80. The van der Waals surface area contributed by atoms with Gasteiger partial charge in [0.2, 0.25) is 0 Å². The highest BCUT2D eigenvalue weighted by atomic mass is 19.4. The van der Waals surface area contributed by atoms with E-state index in [2.05, 4.69) is 5.32 Å². The van der Waals surface area contributed by atoms with Gasteiger partial charge in [-0.25, -0.2) is 4.90 Å². The SMILES string of the molecule is CNC1CCCN(C(F)(F)F)C1. The molecule has 1 unspecified atom stereocenters. The molecule has 0 spiro atoms. The molecule has 12 heavy (non-hydrogen) atoms. The average molecular weight is 182 g/mol. The first-order valence-corrected chi connectivity index (χ1v) is 4.03. The molecule has 2 nitrogen and oxygen atoms in total. The smallest absolute Gasteiger partial charge is 0.316 e. The van der Waals surface area contributed by atoms with Crippen molar-refractivity contribution in [2.24, 2.45) is 0 Å². The first-order chi connectivity index (χ1) is 5.54. The van der Waals surface area contributed by atoms with E-state index in [1.54, 1.807) is 7.05 Å². The molecule has 0 aromatic heterocycles. The fourth-order valence-electron chi connectivity index (χ4n) is 1.44. The zero-order valence-electron chi connectivity index (χ0n) is 6.99. The molecule has 72 valence electrons. The van der Waals surface area contributed by atoms with Gasteiger partial charge in [0.1, 0.15) is 0 Å². The summed E-state index contributed by atoms with van der Waals surface area (Å²) in [4.78, 5) is 0.567. The third kappa shape index (κ3) is 2.35. The lowest BCUT2D eigenvalue weighted by Crippen LogP contribution is -2.50. The van der Waals surface area contributed by atoms with Crippen molar-refractivity contribution in [3.8, 4) is 0 Å². The van der Waals surface area contributed by atoms with Crippen molar-refractivity contribution in [1.29, 1.82) is 0 Å². The second-order valence-corrected chi connectivity index (χ2v) is 3.04. The predicted molar refractivity (Wildman–Crippen MR) is 39.7 cm³/mol. The van der Waals surface area contributed by atoms with Crippen LogP contribution in [0.2, 0.25) is 0 Å². The minimum atomic E-state index is -4.16. The van der Waals surface area contributed by atoms with E-state index in [1.807, 2.05) is 0 Å². The highest BCUT2D eigenvalue weighted by Crippen LogP contribution is 2.24. The van der Waals surface area contributed by atoms with Crippen LogP contribution in [-0.2, 0) is 0 Å². The Morgan fingerprint density at radius 1 is 1.42 bits per heavy atom. The zero-order valence-corrected chi connectivity index (χ0v) is 6.99. The van der Waals surface area contributed by atoms with Gasteiger partial charge in [0, 0.05) is 19.1 Å². The van der Waals surface area contributed by atoms with E-state index in [0.29, 0.717) is 11.3 Å². The average Bonchev–Trinajstić information content (AvgIpc) is 2.03. The quantitative estimate of drug-likeness (QED) is 0.613. The summed E-state index contributed by atoms with van der Waals surface area (Å²) in [6.07, 6.45) is -2.70. The maximum atomic E-state index is 12.1. The van der Waals surface area contributed by atoms with Crippen LogP contribution in [0.4, 0.5) is 13.2 Å². The van der Waals surface area contributed by atoms with Crippen molar-refractivity contribution < 1.29 is 13.2 Å². The van der Waals surface area contributed by atoms with Gasteiger partial charge in [0.25, 0.3) is 0 Å². The van der Waals surface area contributed by atoms with Crippen molar-refractivity contribution in [3.63, 3.8) is 0 Å². The summed E-state index contributed by atoms with van der Waals surface area (Å²) in [5.74, 6) is 0. The molecule has 0 saturated carbocycles. The maximum absolute atomic E-state index is 12.1. The van der Waals surface area contributed by atoms with Crippen molar-refractivity contribution in [2.45, 2.75) is 25.2 Å². The molecule has 1 rings (SSSR count). The molecule has 1 saturated heterocycles. The molecule has 1 fully saturated rings. The van der Waals surface area contributed by atoms with Crippen LogP contribution in [-0.4, -0.2) is 37.4 Å². The Kier molecular flexibility index (Phi) is 2.95. The summed E-state index contributed by atoms with van der Waals surface area (Å²) in [6, 6.07) is -0.0135. The van der Waals surface area contributed by atoms with Crippen LogP contribution < -0.4 is 5.32 Å². The van der Waals surface area contributed by atoms with Gasteiger partial charge in [-0.1, -0.05) is 0 Å². The van der Waals surface area contributed by atoms with Crippen LogP contribution >= 0.6 is 0 Å². The van der Waals surface area contributed by atoms with Gasteiger partial charge in [-0.2, -0.15) is 13.2 Å². The summed E-state index contributed by atoms with van der Waals surface area (Å²) >= 11 is 0. The van der Waals surface area contributed by atoms with Crippen LogP contribution in [0.25, 0.3) is 0 Å². The lowest BCUT2D eigenvalue weighted by Gasteiger charge is -2.33.